The van der Waals surface area contributed by atoms with Gasteiger partial charge in [0, 0.05) is 29.7 Å². The number of nitrogens with one attached hydrogen (secondary N) is 1. The molecule has 4 rings (SSSR count). The van der Waals surface area contributed by atoms with Crippen molar-refractivity contribution in [1.82, 2.24) is 4.98 Å². The molecule has 2 aromatic carbocycles. The lowest BCUT2D eigenvalue weighted by atomic mass is 10.0. The summed E-state index contributed by atoms with van der Waals surface area (Å²) in [5.74, 6) is -0.560. The molecule has 0 aliphatic carbocycles. The first-order chi connectivity index (χ1) is 14.2. The third-order valence-corrected chi connectivity index (χ3v) is 4.87. The maximum atomic E-state index is 13.1. The van der Waals surface area contributed by atoms with E-state index in [1.54, 1.807) is 35.2 Å². The molecule has 0 atom stereocenters. The van der Waals surface area contributed by atoms with Gasteiger partial charge >= 0.3 is 0 Å². The van der Waals surface area contributed by atoms with Gasteiger partial charge < -0.3 is 10.2 Å². The fourth-order valence-corrected chi connectivity index (χ4v) is 3.40. The molecule has 0 saturated heterocycles. The van der Waals surface area contributed by atoms with Crippen LogP contribution in [0.4, 0.5) is 11.4 Å². The van der Waals surface area contributed by atoms with Gasteiger partial charge in [0.05, 0.1) is 11.6 Å². The van der Waals surface area contributed by atoms with E-state index in [-0.39, 0.29) is 17.5 Å². The van der Waals surface area contributed by atoms with E-state index in [9.17, 15) is 9.59 Å². The third kappa shape index (κ3) is 3.85. The molecule has 2 amide bonds. The van der Waals surface area contributed by atoms with Gasteiger partial charge in [-0.2, -0.15) is 5.26 Å². The zero-order chi connectivity index (χ0) is 20.2. The van der Waals surface area contributed by atoms with Gasteiger partial charge in [0.25, 0.3) is 11.8 Å². The van der Waals surface area contributed by atoms with E-state index in [1.165, 1.54) is 12.3 Å². The van der Waals surface area contributed by atoms with Gasteiger partial charge in [-0.25, -0.2) is 0 Å². The highest BCUT2D eigenvalue weighted by atomic mass is 16.2. The molecule has 6 nitrogen and oxygen atoms in total. The number of para-hydroxylation sites is 1. The van der Waals surface area contributed by atoms with E-state index in [2.05, 4.69) is 10.3 Å². The molecule has 1 aliphatic heterocycles. The van der Waals surface area contributed by atoms with Gasteiger partial charge in [-0.05, 0) is 60.9 Å². The predicted molar refractivity (Wildman–Crippen MR) is 110 cm³/mol. The minimum atomic E-state index is -0.342. The minimum absolute atomic E-state index is 0.217. The summed E-state index contributed by atoms with van der Waals surface area (Å²) in [6, 6.07) is 19.6. The minimum Gasteiger partial charge on any atom is -0.322 e. The summed E-state index contributed by atoms with van der Waals surface area (Å²) in [4.78, 5) is 31.6. The summed E-state index contributed by atoms with van der Waals surface area (Å²) in [5, 5.41) is 11.6. The maximum absolute atomic E-state index is 13.1. The molecule has 0 spiro atoms. The van der Waals surface area contributed by atoms with Crippen molar-refractivity contribution in [3.8, 4) is 6.07 Å². The molecular formula is C23H18N4O2. The Morgan fingerprint density at radius 3 is 2.66 bits per heavy atom. The van der Waals surface area contributed by atoms with Crippen LogP contribution in [0.25, 0.3) is 0 Å². The predicted octanol–water partition coefficient (Wildman–Crippen LogP) is 3.80. The lowest BCUT2D eigenvalue weighted by molar-refractivity contribution is 0.0980. The molecule has 3 aromatic rings. The number of pyridine rings is 1. The summed E-state index contributed by atoms with van der Waals surface area (Å²) in [6.45, 7) is 0.624. The Bertz CT molecular complexity index is 1120. The van der Waals surface area contributed by atoms with Gasteiger partial charge in [0.2, 0.25) is 0 Å². The lowest BCUT2D eigenvalue weighted by Gasteiger charge is -2.29. The fourth-order valence-electron chi connectivity index (χ4n) is 3.40. The Morgan fingerprint density at radius 2 is 1.86 bits per heavy atom. The topological polar surface area (TPSA) is 86.1 Å². The van der Waals surface area contributed by atoms with Crippen molar-refractivity contribution in [2.75, 3.05) is 16.8 Å². The molecule has 29 heavy (non-hydrogen) atoms. The molecule has 1 aliphatic rings. The van der Waals surface area contributed by atoms with Crippen LogP contribution >= 0.6 is 0 Å². The standard InChI is InChI=1S/C23H18N4O2/c24-15-16-7-9-19(10-8-16)26-22(28)18-11-12-25-20(14-18)23(29)27-13-3-5-17-4-1-2-6-21(17)27/h1-2,4,6-12,14H,3,5,13H2,(H,26,28). The number of hydrogen-bond acceptors (Lipinski definition) is 4. The lowest BCUT2D eigenvalue weighted by Crippen LogP contribution is -2.36. The van der Waals surface area contributed by atoms with Crippen LogP contribution in [0, 0.1) is 11.3 Å². The normalized spacial score (nSPS) is 12.6. The van der Waals surface area contributed by atoms with Gasteiger partial charge in [0.15, 0.2) is 0 Å². The SMILES string of the molecule is N#Cc1ccc(NC(=O)c2ccnc(C(=O)N3CCCc4ccccc43)c2)cc1. The highest BCUT2D eigenvalue weighted by Gasteiger charge is 2.24. The van der Waals surface area contributed by atoms with Crippen LogP contribution in [0.1, 0.15) is 38.4 Å². The number of rotatable bonds is 3. The Kier molecular flexibility index (Phi) is 5.04. The fraction of sp³-hybridized carbons (Fsp3) is 0.130. The number of amides is 2. The summed E-state index contributed by atoms with van der Waals surface area (Å²) < 4.78 is 0. The van der Waals surface area contributed by atoms with Crippen molar-refractivity contribution in [1.29, 1.82) is 5.26 Å². The van der Waals surface area contributed by atoms with E-state index in [1.807, 2.05) is 30.3 Å². The van der Waals surface area contributed by atoms with Crippen molar-refractivity contribution in [3.05, 3.63) is 89.2 Å². The summed E-state index contributed by atoms with van der Waals surface area (Å²) >= 11 is 0. The highest BCUT2D eigenvalue weighted by Crippen LogP contribution is 2.28. The smallest absolute Gasteiger partial charge is 0.276 e. The average Bonchev–Trinajstić information content (AvgIpc) is 2.79. The third-order valence-electron chi connectivity index (χ3n) is 4.87. The van der Waals surface area contributed by atoms with E-state index in [4.69, 9.17) is 5.26 Å². The highest BCUT2D eigenvalue weighted by molar-refractivity contribution is 6.09. The Morgan fingerprint density at radius 1 is 1.07 bits per heavy atom. The summed E-state index contributed by atoms with van der Waals surface area (Å²) in [6.07, 6.45) is 3.30. The number of nitrogens with zero attached hydrogens (tertiary/aromatic N) is 3. The molecule has 1 N–H and O–H groups in total. The molecule has 6 heteroatoms. The second-order valence-corrected chi connectivity index (χ2v) is 6.76. The van der Waals surface area contributed by atoms with E-state index in [0.717, 1.165) is 24.1 Å². The van der Waals surface area contributed by atoms with Crippen LogP contribution in [0.3, 0.4) is 0 Å². The van der Waals surface area contributed by atoms with Crippen molar-refractivity contribution in [3.63, 3.8) is 0 Å². The van der Waals surface area contributed by atoms with Crippen LogP contribution in [-0.2, 0) is 6.42 Å². The maximum Gasteiger partial charge on any atom is 0.276 e. The average molecular weight is 382 g/mol. The molecule has 0 saturated carbocycles. The molecular weight excluding hydrogens is 364 g/mol. The van der Waals surface area contributed by atoms with Crippen molar-refractivity contribution in [2.45, 2.75) is 12.8 Å². The number of nitriles is 1. The van der Waals surface area contributed by atoms with Crippen LogP contribution in [0.2, 0.25) is 0 Å². The first-order valence-corrected chi connectivity index (χ1v) is 9.33. The van der Waals surface area contributed by atoms with Crippen molar-refractivity contribution in [2.24, 2.45) is 0 Å². The first-order valence-electron chi connectivity index (χ1n) is 9.33. The van der Waals surface area contributed by atoms with Crippen LogP contribution in [0.5, 0.6) is 0 Å². The van der Waals surface area contributed by atoms with Crippen LogP contribution < -0.4 is 10.2 Å². The summed E-state index contributed by atoms with van der Waals surface area (Å²) in [5.41, 5.74) is 3.71. The molecule has 0 unspecified atom stereocenters. The quantitative estimate of drug-likeness (QED) is 0.746. The molecule has 2 heterocycles. The molecule has 0 fully saturated rings. The van der Waals surface area contributed by atoms with Crippen LogP contribution in [0.15, 0.2) is 66.9 Å². The van der Waals surface area contributed by atoms with Gasteiger partial charge in [-0.15, -0.1) is 0 Å². The monoisotopic (exact) mass is 382 g/mol. The van der Waals surface area contributed by atoms with E-state index in [0.29, 0.717) is 23.4 Å². The van der Waals surface area contributed by atoms with E-state index >= 15 is 0 Å². The Balaban J connectivity index is 1.55. The molecule has 1 aromatic heterocycles. The number of carbonyl (C=O) groups excluding carboxylic acids is 2. The van der Waals surface area contributed by atoms with Gasteiger partial charge in [-0.3, -0.25) is 14.6 Å². The zero-order valence-electron chi connectivity index (χ0n) is 15.6. The number of anilines is 2. The van der Waals surface area contributed by atoms with Crippen molar-refractivity contribution >= 4 is 23.2 Å². The van der Waals surface area contributed by atoms with Gasteiger partial charge in [-0.1, -0.05) is 18.2 Å². The number of fused-ring (bicyclic) bond motifs is 1. The number of hydrogen-bond donors (Lipinski definition) is 1. The number of carbonyl (C=O) groups is 2. The number of benzene rings is 2. The molecule has 0 radical (unpaired) electrons. The number of aryl methyl sites for hydroxylation is 1. The summed E-state index contributed by atoms with van der Waals surface area (Å²) in [7, 11) is 0. The molecule has 0 bridgehead atoms. The first kappa shape index (κ1) is 18.4. The Labute approximate surface area is 168 Å². The largest absolute Gasteiger partial charge is 0.322 e. The second-order valence-electron chi connectivity index (χ2n) is 6.76. The van der Waals surface area contributed by atoms with Gasteiger partial charge in [0.1, 0.15) is 5.69 Å². The second kappa shape index (κ2) is 7.95. The molecule has 142 valence electrons. The van der Waals surface area contributed by atoms with Crippen LogP contribution in [-0.4, -0.2) is 23.3 Å². The van der Waals surface area contributed by atoms with Crippen molar-refractivity contribution < 1.29 is 9.59 Å². The number of aromatic nitrogens is 1. The van der Waals surface area contributed by atoms with E-state index < -0.39 is 0 Å². The Hall–Kier alpha value is -3.98. The zero-order valence-corrected chi connectivity index (χ0v) is 15.6.